The summed E-state index contributed by atoms with van der Waals surface area (Å²) < 4.78 is 6.15. The fourth-order valence-corrected chi connectivity index (χ4v) is 4.65. The zero-order chi connectivity index (χ0) is 19.0. The Morgan fingerprint density at radius 2 is 2.07 bits per heavy atom. The number of aromatic nitrogens is 2. The van der Waals surface area contributed by atoms with Crippen LogP contribution in [0.4, 0.5) is 5.95 Å². The van der Waals surface area contributed by atoms with E-state index in [1.165, 1.54) is 30.6 Å². The number of anilines is 1. The molecule has 27 heavy (non-hydrogen) atoms. The van der Waals surface area contributed by atoms with E-state index in [1.807, 2.05) is 24.4 Å². The molecule has 5 nitrogen and oxygen atoms in total. The number of hydrogen-bond acceptors (Lipinski definition) is 6. The predicted octanol–water partition coefficient (Wildman–Crippen LogP) is 5.67. The maximum atomic E-state index is 12.2. The van der Waals surface area contributed by atoms with Crippen molar-refractivity contribution in [2.24, 2.45) is 0 Å². The monoisotopic (exact) mass is 381 g/mol. The number of rotatable bonds is 4. The third-order valence-corrected chi connectivity index (χ3v) is 6.17. The van der Waals surface area contributed by atoms with Crippen molar-refractivity contribution in [1.82, 2.24) is 9.97 Å². The number of nitrogens with one attached hydrogen (secondary N) is 1. The lowest BCUT2D eigenvalue weighted by Gasteiger charge is -2.34. The highest BCUT2D eigenvalue weighted by Crippen LogP contribution is 2.34. The lowest BCUT2D eigenvalue weighted by atomic mass is 9.83. The van der Waals surface area contributed by atoms with E-state index in [1.54, 1.807) is 6.92 Å². The molecule has 1 aromatic carbocycles. The summed E-state index contributed by atoms with van der Waals surface area (Å²) >= 11 is 1.41. The van der Waals surface area contributed by atoms with Crippen LogP contribution in [0.15, 0.2) is 36.7 Å². The summed E-state index contributed by atoms with van der Waals surface area (Å²) in [5.41, 5.74) is 0.903. The van der Waals surface area contributed by atoms with Crippen LogP contribution in [0.3, 0.4) is 0 Å². The Morgan fingerprint density at radius 1 is 1.30 bits per heavy atom. The smallest absolute Gasteiger partial charge is 0.353 e. The van der Waals surface area contributed by atoms with Crippen molar-refractivity contribution < 1.29 is 9.53 Å². The zero-order valence-corrected chi connectivity index (χ0v) is 16.5. The molecular formula is C21H23N3O2S. The van der Waals surface area contributed by atoms with Crippen molar-refractivity contribution in [2.45, 2.75) is 51.5 Å². The summed E-state index contributed by atoms with van der Waals surface area (Å²) in [5, 5.41) is 5.45. The van der Waals surface area contributed by atoms with Crippen molar-refractivity contribution in [1.29, 1.82) is 0 Å². The maximum Gasteiger partial charge on any atom is 0.353 e. The van der Waals surface area contributed by atoms with Crippen molar-refractivity contribution in [3.05, 3.63) is 41.6 Å². The number of benzene rings is 1. The first-order valence-electron chi connectivity index (χ1n) is 9.29. The molecule has 0 spiro atoms. The minimum atomic E-state index is -0.376. The third kappa shape index (κ3) is 3.67. The first-order valence-corrected chi connectivity index (χ1v) is 10.1. The molecule has 1 aliphatic rings. The van der Waals surface area contributed by atoms with Crippen LogP contribution in [0.5, 0.6) is 0 Å². The van der Waals surface area contributed by atoms with Gasteiger partial charge in [-0.25, -0.2) is 14.8 Å². The average molecular weight is 382 g/mol. The van der Waals surface area contributed by atoms with Crippen LogP contribution in [-0.2, 0) is 4.74 Å². The van der Waals surface area contributed by atoms with Crippen molar-refractivity contribution in [3.63, 3.8) is 0 Å². The molecule has 6 heteroatoms. The minimum Gasteiger partial charge on any atom is -0.428 e. The van der Waals surface area contributed by atoms with E-state index in [4.69, 9.17) is 9.72 Å². The van der Waals surface area contributed by atoms with Crippen molar-refractivity contribution >= 4 is 44.2 Å². The van der Waals surface area contributed by atoms with Crippen molar-refractivity contribution in [3.8, 4) is 0 Å². The Bertz CT molecular complexity index is 1030. The number of fused-ring (bicyclic) bond motifs is 3. The summed E-state index contributed by atoms with van der Waals surface area (Å²) in [6.45, 7) is 7.54. The van der Waals surface area contributed by atoms with E-state index in [0.29, 0.717) is 16.6 Å². The van der Waals surface area contributed by atoms with E-state index in [0.717, 1.165) is 33.8 Å². The highest BCUT2D eigenvalue weighted by atomic mass is 32.1. The first-order chi connectivity index (χ1) is 12.9. The predicted molar refractivity (Wildman–Crippen MR) is 110 cm³/mol. The van der Waals surface area contributed by atoms with Crippen LogP contribution < -0.4 is 5.32 Å². The van der Waals surface area contributed by atoms with Gasteiger partial charge in [0.15, 0.2) is 0 Å². The Balaban J connectivity index is 1.72. The van der Waals surface area contributed by atoms with Crippen LogP contribution in [0.25, 0.3) is 21.0 Å². The number of hydrogen-bond donors (Lipinski definition) is 1. The Labute approximate surface area is 162 Å². The van der Waals surface area contributed by atoms with Gasteiger partial charge in [-0.15, -0.1) is 11.3 Å². The van der Waals surface area contributed by atoms with Gasteiger partial charge >= 0.3 is 5.97 Å². The fourth-order valence-electron chi connectivity index (χ4n) is 3.70. The molecule has 3 aromatic rings. The van der Waals surface area contributed by atoms with Gasteiger partial charge in [0.25, 0.3) is 0 Å². The molecule has 0 bridgehead atoms. The quantitative estimate of drug-likeness (QED) is 0.466. The molecule has 0 aliphatic heterocycles. The van der Waals surface area contributed by atoms with Gasteiger partial charge in [0.1, 0.15) is 4.88 Å². The molecule has 0 radical (unpaired) electrons. The Kier molecular flexibility index (Phi) is 4.60. The van der Waals surface area contributed by atoms with Gasteiger partial charge in [-0.2, -0.15) is 0 Å². The molecule has 2 aromatic heterocycles. The second-order valence-electron chi connectivity index (χ2n) is 7.56. The summed E-state index contributed by atoms with van der Waals surface area (Å²) in [7, 11) is 0. The summed E-state index contributed by atoms with van der Waals surface area (Å²) in [4.78, 5) is 22.1. The van der Waals surface area contributed by atoms with Gasteiger partial charge in [0.2, 0.25) is 5.95 Å². The van der Waals surface area contributed by atoms with Crippen LogP contribution in [0.1, 0.15) is 55.6 Å². The Hall–Kier alpha value is -2.47. The van der Waals surface area contributed by atoms with E-state index in [-0.39, 0.29) is 11.5 Å². The molecule has 4 rings (SSSR count). The standard InChI is InChI=1S/C21H23N3O2S/c1-13(2)26-19(25)17-11-15-16(27-17)8-7-14-12-22-20(23-18(14)15)24-21(3)9-5-4-6-10-21/h7-8,11-12H,1,4-6,9-10H2,2-3H3,(H,22,23,24). The molecule has 2 heterocycles. The number of ether oxygens (including phenoxy) is 1. The Morgan fingerprint density at radius 3 is 2.81 bits per heavy atom. The molecular weight excluding hydrogens is 358 g/mol. The lowest BCUT2D eigenvalue weighted by molar-refractivity contribution is 0.0633. The van der Waals surface area contributed by atoms with E-state index in [9.17, 15) is 4.79 Å². The van der Waals surface area contributed by atoms with E-state index >= 15 is 0 Å². The number of allylic oxidation sites excluding steroid dienone is 1. The van der Waals surface area contributed by atoms with Crippen LogP contribution in [0.2, 0.25) is 0 Å². The maximum absolute atomic E-state index is 12.2. The van der Waals surface area contributed by atoms with Crippen LogP contribution in [-0.4, -0.2) is 21.5 Å². The second kappa shape index (κ2) is 6.93. The van der Waals surface area contributed by atoms with E-state index in [2.05, 4.69) is 23.8 Å². The van der Waals surface area contributed by atoms with E-state index < -0.39 is 0 Å². The highest BCUT2D eigenvalue weighted by Gasteiger charge is 2.27. The number of nitrogens with zero attached hydrogens (tertiary/aromatic N) is 2. The van der Waals surface area contributed by atoms with Gasteiger partial charge in [0.05, 0.1) is 11.3 Å². The van der Waals surface area contributed by atoms with Gasteiger partial charge in [0, 0.05) is 27.2 Å². The molecule has 1 fully saturated rings. The van der Waals surface area contributed by atoms with Crippen LogP contribution in [0, 0.1) is 0 Å². The van der Waals surface area contributed by atoms with Crippen molar-refractivity contribution in [2.75, 3.05) is 5.32 Å². The largest absolute Gasteiger partial charge is 0.428 e. The number of esters is 1. The molecule has 140 valence electrons. The van der Waals surface area contributed by atoms with Gasteiger partial charge in [-0.3, -0.25) is 0 Å². The van der Waals surface area contributed by atoms with Gasteiger partial charge < -0.3 is 10.1 Å². The molecule has 0 saturated heterocycles. The number of carbonyl (C=O) groups excluding carboxylic acids is 1. The molecule has 0 amide bonds. The molecule has 1 N–H and O–H groups in total. The number of carbonyl (C=O) groups is 1. The first kappa shape index (κ1) is 17.9. The minimum absolute atomic E-state index is 0.0466. The third-order valence-electron chi connectivity index (χ3n) is 5.09. The normalized spacial score (nSPS) is 16.4. The number of thiophene rings is 1. The molecule has 1 aliphatic carbocycles. The SMILES string of the molecule is C=C(C)OC(=O)c1cc2c(ccc3cnc(NC4(C)CCCCC4)nc32)s1. The molecule has 1 saturated carbocycles. The summed E-state index contributed by atoms with van der Waals surface area (Å²) in [5.74, 6) is 0.660. The summed E-state index contributed by atoms with van der Waals surface area (Å²) in [6.07, 6.45) is 7.89. The average Bonchev–Trinajstić information content (AvgIpc) is 3.06. The zero-order valence-electron chi connectivity index (χ0n) is 15.7. The lowest BCUT2D eigenvalue weighted by Crippen LogP contribution is -2.37. The molecule has 0 unspecified atom stereocenters. The fraction of sp³-hybridized carbons (Fsp3) is 0.381. The molecule has 0 atom stereocenters. The highest BCUT2D eigenvalue weighted by molar-refractivity contribution is 7.20. The van der Waals surface area contributed by atoms with Crippen LogP contribution >= 0.6 is 11.3 Å². The van der Waals surface area contributed by atoms with Gasteiger partial charge in [-0.1, -0.05) is 25.8 Å². The van der Waals surface area contributed by atoms with Gasteiger partial charge in [-0.05, 0) is 44.9 Å². The summed E-state index contributed by atoms with van der Waals surface area (Å²) in [6, 6.07) is 5.85. The topological polar surface area (TPSA) is 64.1 Å². The second-order valence-corrected chi connectivity index (χ2v) is 8.64.